The van der Waals surface area contributed by atoms with Gasteiger partial charge in [-0.3, -0.25) is 0 Å². The van der Waals surface area contributed by atoms with Crippen molar-refractivity contribution in [1.82, 2.24) is 0 Å². The first-order valence-electron chi connectivity index (χ1n) is 7.26. The Labute approximate surface area is 133 Å². The number of hydrogen-bond acceptors (Lipinski definition) is 0. The zero-order valence-corrected chi connectivity index (χ0v) is 14.2. The fraction of sp³-hybridized carbons (Fsp3) is 0.529. The van der Waals surface area contributed by atoms with E-state index in [0.29, 0.717) is 21.0 Å². The molecule has 20 heavy (non-hydrogen) atoms. The summed E-state index contributed by atoms with van der Waals surface area (Å²) in [5.41, 5.74) is 0.961. The van der Waals surface area contributed by atoms with E-state index < -0.39 is 11.6 Å². The summed E-state index contributed by atoms with van der Waals surface area (Å²) in [6.45, 7) is 3.65. The monoisotopic (exact) mass is 390 g/mol. The van der Waals surface area contributed by atoms with E-state index in [1.807, 2.05) is 6.92 Å². The van der Waals surface area contributed by atoms with Crippen LogP contribution in [0.25, 0.3) is 0 Å². The maximum Gasteiger partial charge on any atom is 0.162 e. The fourth-order valence-corrected chi connectivity index (χ4v) is 4.20. The zero-order valence-electron chi connectivity index (χ0n) is 12.0. The first-order chi connectivity index (χ1) is 9.54. The maximum absolute atomic E-state index is 14.0. The molecule has 0 bridgehead atoms. The van der Waals surface area contributed by atoms with Crippen LogP contribution in [0.3, 0.4) is 0 Å². The molecule has 0 saturated heterocycles. The SMILES string of the molecule is CC=CC(I)C1CCC(c2ccc(C)c(F)c2F)CC1. The van der Waals surface area contributed by atoms with Crippen molar-refractivity contribution in [2.45, 2.75) is 49.4 Å². The second kappa shape index (κ2) is 7.01. The average molecular weight is 390 g/mol. The van der Waals surface area contributed by atoms with Gasteiger partial charge in [0.05, 0.1) is 0 Å². The van der Waals surface area contributed by atoms with Crippen molar-refractivity contribution < 1.29 is 8.78 Å². The van der Waals surface area contributed by atoms with Crippen molar-refractivity contribution in [2.75, 3.05) is 0 Å². The Kier molecular flexibility index (Phi) is 5.58. The Morgan fingerprint density at radius 2 is 1.80 bits per heavy atom. The van der Waals surface area contributed by atoms with Gasteiger partial charge in [0.25, 0.3) is 0 Å². The number of alkyl halides is 1. The van der Waals surface area contributed by atoms with Crippen LogP contribution in [0.4, 0.5) is 8.78 Å². The van der Waals surface area contributed by atoms with Crippen molar-refractivity contribution in [3.63, 3.8) is 0 Å². The molecule has 0 amide bonds. The van der Waals surface area contributed by atoms with E-state index in [1.165, 1.54) is 0 Å². The predicted octanol–water partition coefficient (Wildman–Crippen LogP) is 5.93. The summed E-state index contributed by atoms with van der Waals surface area (Å²) in [7, 11) is 0. The maximum atomic E-state index is 14.0. The minimum atomic E-state index is -0.676. The van der Waals surface area contributed by atoms with Gasteiger partial charge < -0.3 is 0 Å². The third kappa shape index (κ3) is 3.41. The van der Waals surface area contributed by atoms with E-state index in [9.17, 15) is 8.78 Å². The largest absolute Gasteiger partial charge is 0.203 e. The summed E-state index contributed by atoms with van der Waals surface area (Å²) in [5, 5.41) is 0. The number of allylic oxidation sites excluding steroid dienone is 2. The summed E-state index contributed by atoms with van der Waals surface area (Å²) in [6, 6.07) is 3.47. The lowest BCUT2D eigenvalue weighted by atomic mass is 9.77. The number of halogens is 3. The predicted molar refractivity (Wildman–Crippen MR) is 88.4 cm³/mol. The van der Waals surface area contributed by atoms with Crippen LogP contribution in [0.15, 0.2) is 24.3 Å². The standard InChI is InChI=1S/C17H21F2I/c1-3-4-15(20)13-8-6-12(7-9-13)14-10-5-11(2)16(18)17(14)19/h3-5,10,12-13,15H,6-9H2,1-2H3. The minimum Gasteiger partial charge on any atom is -0.203 e. The minimum absolute atomic E-state index is 0.176. The van der Waals surface area contributed by atoms with E-state index >= 15 is 0 Å². The highest BCUT2D eigenvalue weighted by Crippen LogP contribution is 2.40. The number of rotatable bonds is 3. The third-order valence-corrected chi connectivity index (χ3v) is 5.78. The van der Waals surface area contributed by atoms with E-state index in [1.54, 1.807) is 19.1 Å². The van der Waals surface area contributed by atoms with E-state index in [0.717, 1.165) is 25.7 Å². The van der Waals surface area contributed by atoms with Crippen molar-refractivity contribution in [3.8, 4) is 0 Å². The van der Waals surface area contributed by atoms with Gasteiger partial charge >= 0.3 is 0 Å². The average Bonchev–Trinajstić information content (AvgIpc) is 2.45. The molecule has 0 heterocycles. The fourth-order valence-electron chi connectivity index (χ4n) is 3.07. The van der Waals surface area contributed by atoms with Crippen LogP contribution in [0.1, 0.15) is 49.7 Å². The molecule has 2 rings (SSSR count). The summed E-state index contributed by atoms with van der Waals surface area (Å²) >= 11 is 2.48. The van der Waals surface area contributed by atoms with Gasteiger partial charge in [-0.05, 0) is 62.5 Å². The molecule has 1 fully saturated rings. The van der Waals surface area contributed by atoms with Gasteiger partial charge in [-0.2, -0.15) is 0 Å². The lowest BCUT2D eigenvalue weighted by molar-refractivity contribution is 0.330. The Bertz CT molecular complexity index is 488. The molecule has 0 N–H and O–H groups in total. The highest BCUT2D eigenvalue weighted by molar-refractivity contribution is 14.1. The lowest BCUT2D eigenvalue weighted by Gasteiger charge is -2.31. The van der Waals surface area contributed by atoms with Gasteiger partial charge in [0.2, 0.25) is 0 Å². The normalized spacial score (nSPS) is 25.1. The number of hydrogen-bond donors (Lipinski definition) is 0. The number of aryl methyl sites for hydroxylation is 1. The second-order valence-electron chi connectivity index (χ2n) is 5.68. The van der Waals surface area contributed by atoms with Crippen LogP contribution in [-0.2, 0) is 0 Å². The van der Waals surface area contributed by atoms with E-state index in [-0.39, 0.29) is 5.92 Å². The van der Waals surface area contributed by atoms with Crippen LogP contribution < -0.4 is 0 Å². The molecule has 0 aromatic heterocycles. The molecule has 0 spiro atoms. The van der Waals surface area contributed by atoms with E-state index in [4.69, 9.17) is 0 Å². The first-order valence-corrected chi connectivity index (χ1v) is 8.50. The molecule has 1 aliphatic carbocycles. The molecule has 1 aromatic rings. The van der Waals surface area contributed by atoms with E-state index in [2.05, 4.69) is 34.7 Å². The molecule has 0 nitrogen and oxygen atoms in total. The molecular formula is C17H21F2I. The first kappa shape index (κ1) is 15.9. The molecule has 1 aliphatic rings. The van der Waals surface area contributed by atoms with Gasteiger partial charge in [-0.1, -0.05) is 46.9 Å². The molecule has 1 unspecified atom stereocenters. The van der Waals surface area contributed by atoms with Gasteiger partial charge in [-0.15, -0.1) is 0 Å². The summed E-state index contributed by atoms with van der Waals surface area (Å²) in [4.78, 5) is 0. The topological polar surface area (TPSA) is 0 Å². The molecule has 110 valence electrons. The van der Waals surface area contributed by atoms with Gasteiger partial charge in [0.1, 0.15) is 0 Å². The zero-order chi connectivity index (χ0) is 14.7. The molecular weight excluding hydrogens is 369 g/mol. The van der Waals surface area contributed by atoms with Crippen LogP contribution in [0.2, 0.25) is 0 Å². The molecule has 3 heteroatoms. The summed E-state index contributed by atoms with van der Waals surface area (Å²) in [6.07, 6.45) is 8.44. The molecule has 0 radical (unpaired) electrons. The highest BCUT2D eigenvalue weighted by Gasteiger charge is 2.28. The Morgan fingerprint density at radius 1 is 1.15 bits per heavy atom. The van der Waals surface area contributed by atoms with Crippen LogP contribution in [-0.4, -0.2) is 3.92 Å². The molecule has 0 aliphatic heterocycles. The van der Waals surface area contributed by atoms with Crippen molar-refractivity contribution in [1.29, 1.82) is 0 Å². The molecule has 1 aromatic carbocycles. The highest BCUT2D eigenvalue weighted by atomic mass is 127. The number of benzene rings is 1. The van der Waals surface area contributed by atoms with Crippen LogP contribution >= 0.6 is 22.6 Å². The molecule has 1 atom stereocenters. The van der Waals surface area contributed by atoms with Gasteiger partial charge in [0, 0.05) is 3.92 Å². The lowest BCUT2D eigenvalue weighted by Crippen LogP contribution is -2.20. The third-order valence-electron chi connectivity index (χ3n) is 4.34. The van der Waals surface area contributed by atoms with Crippen molar-refractivity contribution >= 4 is 22.6 Å². The summed E-state index contributed by atoms with van der Waals surface area (Å²) < 4.78 is 28.3. The Hall–Kier alpha value is -0.450. The van der Waals surface area contributed by atoms with Gasteiger partial charge in [0.15, 0.2) is 11.6 Å². The van der Waals surface area contributed by atoms with Crippen LogP contribution in [0, 0.1) is 24.5 Å². The Balaban J connectivity index is 2.06. The quantitative estimate of drug-likeness (QED) is 0.341. The summed E-state index contributed by atoms with van der Waals surface area (Å²) in [5.74, 6) is -0.463. The Morgan fingerprint density at radius 3 is 2.40 bits per heavy atom. The molecule has 1 saturated carbocycles. The second-order valence-corrected chi connectivity index (χ2v) is 7.12. The smallest absolute Gasteiger partial charge is 0.162 e. The van der Waals surface area contributed by atoms with Crippen LogP contribution in [0.5, 0.6) is 0 Å². The van der Waals surface area contributed by atoms with Gasteiger partial charge in [-0.25, -0.2) is 8.78 Å². The van der Waals surface area contributed by atoms with Crippen molar-refractivity contribution in [3.05, 3.63) is 47.0 Å². The van der Waals surface area contributed by atoms with Crippen molar-refractivity contribution in [2.24, 2.45) is 5.92 Å².